The van der Waals surface area contributed by atoms with Gasteiger partial charge in [0.05, 0.1) is 11.6 Å². The van der Waals surface area contributed by atoms with Gasteiger partial charge in [0.2, 0.25) is 11.8 Å². The molecule has 5 nitrogen and oxygen atoms in total. The van der Waals surface area contributed by atoms with Gasteiger partial charge in [-0.1, -0.05) is 12.1 Å². The molecule has 1 aliphatic heterocycles. The Kier molecular flexibility index (Phi) is 5.19. The zero-order valence-corrected chi connectivity index (χ0v) is 16.4. The van der Waals surface area contributed by atoms with Gasteiger partial charge in [0, 0.05) is 33.5 Å². The average Bonchev–Trinajstić information content (AvgIpc) is 3.15. The van der Waals surface area contributed by atoms with Crippen molar-refractivity contribution in [2.24, 2.45) is 5.92 Å². The van der Waals surface area contributed by atoms with Crippen LogP contribution in [0, 0.1) is 9.49 Å². The number of carbonyl (C=O) groups is 2. The van der Waals surface area contributed by atoms with Gasteiger partial charge in [0.1, 0.15) is 0 Å². The highest BCUT2D eigenvalue weighted by molar-refractivity contribution is 14.1. The predicted molar refractivity (Wildman–Crippen MR) is 104 cm³/mol. The number of thiazole rings is 1. The van der Waals surface area contributed by atoms with Crippen molar-refractivity contribution in [3.8, 4) is 11.3 Å². The molecule has 1 unspecified atom stereocenters. The summed E-state index contributed by atoms with van der Waals surface area (Å²) in [4.78, 5) is 30.6. The van der Waals surface area contributed by atoms with Crippen LogP contribution in [0.2, 0.25) is 0 Å². The number of nitrogens with zero attached hydrogens (tertiary/aromatic N) is 2. The molecule has 2 heterocycles. The van der Waals surface area contributed by atoms with Crippen LogP contribution in [0.5, 0.6) is 0 Å². The number of aromatic nitrogens is 1. The Bertz CT molecular complexity index is 757. The Morgan fingerprint density at radius 2 is 2.08 bits per heavy atom. The van der Waals surface area contributed by atoms with Gasteiger partial charge in [-0.3, -0.25) is 9.59 Å². The van der Waals surface area contributed by atoms with E-state index < -0.39 is 0 Å². The van der Waals surface area contributed by atoms with E-state index in [0.29, 0.717) is 11.7 Å². The summed E-state index contributed by atoms with van der Waals surface area (Å²) in [6.45, 7) is 4.41. The molecule has 126 valence electrons. The summed E-state index contributed by atoms with van der Waals surface area (Å²) in [6.07, 6.45) is 0.277. The lowest BCUT2D eigenvalue weighted by Crippen LogP contribution is -2.33. The highest BCUT2D eigenvalue weighted by Gasteiger charge is 2.35. The van der Waals surface area contributed by atoms with Gasteiger partial charge in [0.25, 0.3) is 0 Å². The van der Waals surface area contributed by atoms with Crippen LogP contribution in [-0.2, 0) is 9.59 Å². The van der Waals surface area contributed by atoms with Crippen molar-refractivity contribution in [3.63, 3.8) is 0 Å². The lowest BCUT2D eigenvalue weighted by atomic mass is 10.1. The molecule has 0 spiro atoms. The van der Waals surface area contributed by atoms with Crippen LogP contribution < -0.4 is 5.32 Å². The van der Waals surface area contributed by atoms with E-state index >= 15 is 0 Å². The molecule has 0 saturated carbocycles. The first kappa shape index (κ1) is 17.3. The molecule has 0 bridgehead atoms. The van der Waals surface area contributed by atoms with Crippen molar-refractivity contribution in [1.82, 2.24) is 9.88 Å². The number of likely N-dealkylation sites (tertiary alicyclic amines) is 1. The van der Waals surface area contributed by atoms with Gasteiger partial charge in [-0.15, -0.1) is 11.3 Å². The second-order valence-electron chi connectivity index (χ2n) is 6.07. The predicted octanol–water partition coefficient (Wildman–Crippen LogP) is 3.61. The number of anilines is 1. The second kappa shape index (κ2) is 7.18. The van der Waals surface area contributed by atoms with E-state index in [2.05, 4.69) is 32.9 Å². The van der Waals surface area contributed by atoms with Gasteiger partial charge in [-0.05, 0) is 48.6 Å². The third kappa shape index (κ3) is 3.77. The van der Waals surface area contributed by atoms with Crippen molar-refractivity contribution in [3.05, 3.63) is 33.2 Å². The molecular formula is C17H18IN3O2S. The largest absolute Gasteiger partial charge is 0.339 e. The van der Waals surface area contributed by atoms with Gasteiger partial charge in [0.15, 0.2) is 5.13 Å². The van der Waals surface area contributed by atoms with Crippen molar-refractivity contribution < 1.29 is 9.59 Å². The number of carbonyl (C=O) groups excluding carboxylic acids is 2. The van der Waals surface area contributed by atoms with E-state index in [9.17, 15) is 9.59 Å². The third-order valence-corrected chi connectivity index (χ3v) is 5.50. The number of halogens is 1. The van der Waals surface area contributed by atoms with Gasteiger partial charge >= 0.3 is 0 Å². The number of amides is 2. The maximum atomic E-state index is 12.4. The molecule has 1 atom stereocenters. The monoisotopic (exact) mass is 455 g/mol. The summed E-state index contributed by atoms with van der Waals surface area (Å²) in [5.74, 6) is -0.385. The smallest absolute Gasteiger partial charge is 0.231 e. The summed E-state index contributed by atoms with van der Waals surface area (Å²) in [5.41, 5.74) is 1.87. The Balaban J connectivity index is 1.66. The highest BCUT2D eigenvalue weighted by Crippen LogP contribution is 2.27. The van der Waals surface area contributed by atoms with Crippen molar-refractivity contribution in [2.45, 2.75) is 26.3 Å². The van der Waals surface area contributed by atoms with Crippen LogP contribution in [0.3, 0.4) is 0 Å². The number of nitrogens with one attached hydrogen (secondary N) is 1. The topological polar surface area (TPSA) is 62.3 Å². The van der Waals surface area contributed by atoms with Gasteiger partial charge < -0.3 is 10.2 Å². The maximum absolute atomic E-state index is 12.4. The molecule has 0 radical (unpaired) electrons. The zero-order valence-electron chi connectivity index (χ0n) is 13.5. The minimum absolute atomic E-state index is 0.0452. The maximum Gasteiger partial charge on any atom is 0.231 e. The first-order chi connectivity index (χ1) is 11.4. The van der Waals surface area contributed by atoms with Crippen LogP contribution in [0.4, 0.5) is 5.13 Å². The Morgan fingerprint density at radius 1 is 1.38 bits per heavy atom. The molecular weight excluding hydrogens is 437 g/mol. The normalized spacial score (nSPS) is 17.6. The van der Waals surface area contributed by atoms with Crippen LogP contribution in [0.25, 0.3) is 11.3 Å². The Morgan fingerprint density at radius 3 is 2.71 bits per heavy atom. The van der Waals surface area contributed by atoms with Gasteiger partial charge in [-0.25, -0.2) is 4.98 Å². The number of hydrogen-bond donors (Lipinski definition) is 1. The summed E-state index contributed by atoms with van der Waals surface area (Å²) >= 11 is 3.66. The fraction of sp³-hybridized carbons (Fsp3) is 0.353. The van der Waals surface area contributed by atoms with Crippen LogP contribution in [0.1, 0.15) is 20.3 Å². The quantitative estimate of drug-likeness (QED) is 0.717. The van der Waals surface area contributed by atoms with Crippen LogP contribution in [-0.4, -0.2) is 34.3 Å². The summed E-state index contributed by atoms with van der Waals surface area (Å²) in [6, 6.07) is 8.20. The molecule has 1 fully saturated rings. The first-order valence-corrected chi connectivity index (χ1v) is 9.71. The van der Waals surface area contributed by atoms with Crippen molar-refractivity contribution in [1.29, 1.82) is 0 Å². The molecule has 0 aliphatic carbocycles. The summed E-state index contributed by atoms with van der Waals surface area (Å²) in [7, 11) is 0. The summed E-state index contributed by atoms with van der Waals surface area (Å²) < 4.78 is 1.17. The molecule has 24 heavy (non-hydrogen) atoms. The van der Waals surface area contributed by atoms with Gasteiger partial charge in [-0.2, -0.15) is 0 Å². The molecule has 1 saturated heterocycles. The highest BCUT2D eigenvalue weighted by atomic mass is 127. The fourth-order valence-corrected chi connectivity index (χ4v) is 3.78. The number of benzene rings is 1. The minimum atomic E-state index is -0.300. The molecule has 1 N–H and O–H groups in total. The Hall–Kier alpha value is -1.48. The first-order valence-electron chi connectivity index (χ1n) is 7.76. The van der Waals surface area contributed by atoms with Crippen LogP contribution in [0.15, 0.2) is 29.6 Å². The third-order valence-electron chi connectivity index (χ3n) is 4.03. The SMILES string of the molecule is CC(C)N1CC(C(=O)Nc2nc(-c3ccc(I)cc3)cs2)CC1=O. The standard InChI is InChI=1S/C17H18IN3O2S/c1-10(2)21-8-12(7-15(21)22)16(23)20-17-19-14(9-24-17)11-3-5-13(18)6-4-11/h3-6,9-10,12H,7-8H2,1-2H3,(H,19,20,23). The van der Waals surface area contributed by atoms with E-state index in [1.54, 1.807) is 4.90 Å². The lowest BCUT2D eigenvalue weighted by molar-refractivity contribution is -0.129. The fourth-order valence-electron chi connectivity index (χ4n) is 2.70. The molecule has 2 amide bonds. The molecule has 1 aromatic carbocycles. The van der Waals surface area contributed by atoms with E-state index in [-0.39, 0.29) is 30.2 Å². The van der Waals surface area contributed by atoms with E-state index in [1.165, 1.54) is 14.9 Å². The van der Waals surface area contributed by atoms with E-state index in [4.69, 9.17) is 0 Å². The second-order valence-corrected chi connectivity index (χ2v) is 8.18. The lowest BCUT2D eigenvalue weighted by Gasteiger charge is -2.20. The molecule has 1 aliphatic rings. The minimum Gasteiger partial charge on any atom is -0.339 e. The van der Waals surface area contributed by atoms with Crippen molar-refractivity contribution in [2.75, 3.05) is 11.9 Å². The van der Waals surface area contributed by atoms with Crippen LogP contribution >= 0.6 is 33.9 Å². The molecule has 3 rings (SSSR count). The number of hydrogen-bond acceptors (Lipinski definition) is 4. The zero-order chi connectivity index (χ0) is 17.3. The molecule has 2 aromatic rings. The summed E-state index contributed by atoms with van der Waals surface area (Å²) in [5, 5.41) is 5.36. The average molecular weight is 455 g/mol. The molecule has 7 heteroatoms. The van der Waals surface area contributed by atoms with Crippen molar-refractivity contribution >= 4 is 50.9 Å². The van der Waals surface area contributed by atoms with E-state index in [1.807, 2.05) is 43.5 Å². The van der Waals surface area contributed by atoms with E-state index in [0.717, 1.165) is 11.3 Å². The molecule has 1 aromatic heterocycles. The number of rotatable bonds is 4. The Labute approximate surface area is 158 Å².